The number of fused-ring (bicyclic) bond motifs is 3. The summed E-state index contributed by atoms with van der Waals surface area (Å²) in [4.78, 5) is 22.9. The van der Waals surface area contributed by atoms with Gasteiger partial charge in [-0.05, 0) is 50.5 Å². The molecule has 1 N–H and O–H groups in total. The van der Waals surface area contributed by atoms with Gasteiger partial charge >= 0.3 is 6.09 Å². The van der Waals surface area contributed by atoms with Gasteiger partial charge in [-0.15, -0.1) is 11.8 Å². The number of amides is 1. The Morgan fingerprint density at radius 3 is 2.90 bits per heavy atom. The summed E-state index contributed by atoms with van der Waals surface area (Å²) in [6.45, 7) is 5.65. The fraction of sp³-hybridized carbons (Fsp3) is 0.391. The van der Waals surface area contributed by atoms with Crippen molar-refractivity contribution in [1.82, 2.24) is 14.9 Å². The molecule has 0 bridgehead atoms. The van der Waals surface area contributed by atoms with E-state index >= 15 is 0 Å². The van der Waals surface area contributed by atoms with E-state index in [0.29, 0.717) is 18.6 Å². The summed E-state index contributed by atoms with van der Waals surface area (Å²) in [7, 11) is 0. The second-order valence-electron chi connectivity index (χ2n) is 8.43. The van der Waals surface area contributed by atoms with Crippen LogP contribution in [0.4, 0.5) is 4.79 Å². The molecule has 0 fully saturated rings. The molecule has 0 spiro atoms. The van der Waals surface area contributed by atoms with Crippen LogP contribution in [-0.2, 0) is 11.2 Å². The van der Waals surface area contributed by atoms with Crippen LogP contribution in [0.1, 0.15) is 56.3 Å². The Kier molecular flexibility index (Phi) is 5.64. The van der Waals surface area contributed by atoms with Gasteiger partial charge in [0.1, 0.15) is 11.4 Å². The number of aromatic amines is 1. The zero-order valence-corrected chi connectivity index (χ0v) is 18.5. The summed E-state index contributed by atoms with van der Waals surface area (Å²) in [6, 6.07) is 7.77. The Labute approximate surface area is 180 Å². The first-order valence-electron chi connectivity index (χ1n) is 10.1. The summed E-state index contributed by atoms with van der Waals surface area (Å²) in [5.41, 5.74) is 2.75. The average Bonchev–Trinajstić information content (AvgIpc) is 3.34. The Balaban J connectivity index is 1.85. The Morgan fingerprint density at radius 1 is 1.40 bits per heavy atom. The molecule has 158 valence electrons. The van der Waals surface area contributed by atoms with Gasteiger partial charge in [-0.25, -0.2) is 9.78 Å². The van der Waals surface area contributed by atoms with Crippen LogP contribution >= 0.6 is 11.8 Å². The number of nitrogens with zero attached hydrogens (tertiary/aromatic N) is 2. The number of hydrogen-bond donors (Lipinski definition) is 1. The van der Waals surface area contributed by atoms with Crippen LogP contribution in [0, 0.1) is 0 Å². The molecule has 2 aromatic heterocycles. The number of rotatable bonds is 4. The fourth-order valence-corrected chi connectivity index (χ4v) is 4.39. The van der Waals surface area contributed by atoms with E-state index in [4.69, 9.17) is 9.15 Å². The molecule has 0 saturated heterocycles. The zero-order valence-electron chi connectivity index (χ0n) is 17.7. The number of carbonyl (C=O) groups is 1. The van der Waals surface area contributed by atoms with Crippen LogP contribution in [0.2, 0.25) is 0 Å². The molecule has 2 atom stereocenters. The molecule has 30 heavy (non-hydrogen) atoms. The standard InChI is InChI=1S/C23H27N3O3S/c1-23(2,3)29-22(27)26-18(10-7-11-30-4)21-16(12-19(26)20-13-24-14-28-20)15-8-5-6-9-17(15)25-21/h5-9,11,13-14,18-19,25H,10,12H2,1-4H3/b11-7+/t18-,19-/m0/s1. The van der Waals surface area contributed by atoms with Gasteiger partial charge in [-0.3, -0.25) is 4.90 Å². The highest BCUT2D eigenvalue weighted by molar-refractivity contribution is 8.01. The van der Waals surface area contributed by atoms with Crippen molar-refractivity contribution < 1.29 is 13.9 Å². The van der Waals surface area contributed by atoms with Crippen LogP contribution in [0.15, 0.2) is 52.8 Å². The molecule has 1 aliphatic rings. The first-order valence-corrected chi connectivity index (χ1v) is 11.3. The number of aromatic nitrogens is 2. The predicted octanol–water partition coefficient (Wildman–Crippen LogP) is 6.00. The number of thioether (sulfide) groups is 1. The van der Waals surface area contributed by atoms with E-state index in [-0.39, 0.29) is 18.2 Å². The van der Waals surface area contributed by atoms with E-state index in [1.165, 1.54) is 17.3 Å². The lowest BCUT2D eigenvalue weighted by Crippen LogP contribution is -2.44. The molecule has 1 aliphatic heterocycles. The molecule has 7 heteroatoms. The molecule has 1 amide bonds. The molecule has 0 aliphatic carbocycles. The largest absolute Gasteiger partial charge is 0.446 e. The van der Waals surface area contributed by atoms with Gasteiger partial charge in [0.15, 0.2) is 6.39 Å². The molecule has 6 nitrogen and oxygen atoms in total. The number of ether oxygens (including phenoxy) is 1. The van der Waals surface area contributed by atoms with Crippen LogP contribution in [0.3, 0.4) is 0 Å². The monoisotopic (exact) mass is 425 g/mol. The molecule has 4 rings (SSSR count). The third-order valence-electron chi connectivity index (χ3n) is 5.22. The van der Waals surface area contributed by atoms with Crippen molar-refractivity contribution in [3.8, 4) is 0 Å². The maximum atomic E-state index is 13.4. The van der Waals surface area contributed by atoms with Crippen LogP contribution < -0.4 is 0 Å². The quantitative estimate of drug-likeness (QED) is 0.555. The summed E-state index contributed by atoms with van der Waals surface area (Å²) in [5.74, 6) is 0.663. The highest BCUT2D eigenvalue weighted by atomic mass is 32.2. The van der Waals surface area contributed by atoms with E-state index in [0.717, 1.165) is 11.2 Å². The van der Waals surface area contributed by atoms with Crippen LogP contribution in [0.5, 0.6) is 0 Å². The number of para-hydroxylation sites is 1. The molecular weight excluding hydrogens is 398 g/mol. The van der Waals surface area contributed by atoms with E-state index in [9.17, 15) is 4.79 Å². The predicted molar refractivity (Wildman–Crippen MR) is 119 cm³/mol. The Morgan fingerprint density at radius 2 is 2.20 bits per heavy atom. The van der Waals surface area contributed by atoms with Gasteiger partial charge in [0.05, 0.1) is 18.3 Å². The summed E-state index contributed by atoms with van der Waals surface area (Å²) in [6.07, 6.45) is 8.18. The van der Waals surface area contributed by atoms with Crippen LogP contribution in [-0.4, -0.2) is 32.8 Å². The normalized spacial score (nSPS) is 19.4. The van der Waals surface area contributed by atoms with E-state index in [1.807, 2.05) is 49.5 Å². The van der Waals surface area contributed by atoms with Crippen molar-refractivity contribution in [1.29, 1.82) is 0 Å². The lowest BCUT2D eigenvalue weighted by molar-refractivity contribution is -0.00210. The van der Waals surface area contributed by atoms with Crippen molar-refractivity contribution in [3.63, 3.8) is 0 Å². The lowest BCUT2D eigenvalue weighted by atomic mass is 9.89. The van der Waals surface area contributed by atoms with Crippen molar-refractivity contribution in [3.05, 3.63) is 65.4 Å². The van der Waals surface area contributed by atoms with Gasteiger partial charge in [0.25, 0.3) is 0 Å². The molecule has 0 saturated carbocycles. The Hall–Kier alpha value is -2.67. The fourth-order valence-electron chi connectivity index (χ4n) is 4.08. The molecule has 1 aromatic carbocycles. The maximum absolute atomic E-state index is 13.4. The number of carbonyl (C=O) groups excluding carboxylic acids is 1. The number of oxazole rings is 1. The third-order valence-corrected chi connectivity index (χ3v) is 5.69. The highest BCUT2D eigenvalue weighted by Crippen LogP contribution is 2.45. The first kappa shape index (κ1) is 20.6. The summed E-state index contributed by atoms with van der Waals surface area (Å²) < 4.78 is 11.5. The SMILES string of the molecule is CS/C=C/C[C@H]1c2[nH]c3ccccc3c2C[C@@H](c2cnco2)N1C(=O)OC(C)(C)C. The Bertz CT molecular complexity index is 1050. The molecule has 3 aromatic rings. The third kappa shape index (κ3) is 3.99. The second-order valence-corrected chi connectivity index (χ2v) is 9.18. The molecule has 3 heterocycles. The first-order chi connectivity index (χ1) is 14.4. The van der Waals surface area contributed by atoms with E-state index in [2.05, 4.69) is 28.2 Å². The number of nitrogens with one attached hydrogen (secondary N) is 1. The van der Waals surface area contributed by atoms with Gasteiger partial charge in [-0.1, -0.05) is 24.3 Å². The molecule has 0 radical (unpaired) electrons. The van der Waals surface area contributed by atoms with Crippen LogP contribution in [0.25, 0.3) is 10.9 Å². The zero-order chi connectivity index (χ0) is 21.3. The number of hydrogen-bond acceptors (Lipinski definition) is 5. The summed E-state index contributed by atoms with van der Waals surface area (Å²) in [5, 5.41) is 3.23. The van der Waals surface area contributed by atoms with Crippen molar-refractivity contribution in [2.45, 2.75) is 51.3 Å². The van der Waals surface area contributed by atoms with Crippen molar-refractivity contribution >= 4 is 28.8 Å². The highest BCUT2D eigenvalue weighted by Gasteiger charge is 2.42. The van der Waals surface area contributed by atoms with E-state index in [1.54, 1.807) is 18.0 Å². The minimum atomic E-state index is -0.594. The van der Waals surface area contributed by atoms with Gasteiger partial charge in [0.2, 0.25) is 0 Å². The van der Waals surface area contributed by atoms with Gasteiger partial charge in [-0.2, -0.15) is 0 Å². The second kappa shape index (κ2) is 8.22. The van der Waals surface area contributed by atoms with Gasteiger partial charge < -0.3 is 14.1 Å². The maximum Gasteiger partial charge on any atom is 0.411 e. The lowest BCUT2D eigenvalue weighted by Gasteiger charge is -2.41. The van der Waals surface area contributed by atoms with E-state index < -0.39 is 5.60 Å². The number of H-pyrrole nitrogens is 1. The minimum absolute atomic E-state index is 0.200. The topological polar surface area (TPSA) is 71.4 Å². The average molecular weight is 426 g/mol. The van der Waals surface area contributed by atoms with Crippen molar-refractivity contribution in [2.75, 3.05) is 6.26 Å². The molecule has 0 unspecified atom stereocenters. The van der Waals surface area contributed by atoms with Crippen molar-refractivity contribution in [2.24, 2.45) is 0 Å². The minimum Gasteiger partial charge on any atom is -0.446 e. The summed E-state index contributed by atoms with van der Waals surface area (Å²) >= 11 is 1.64. The van der Waals surface area contributed by atoms with Gasteiger partial charge in [0, 0.05) is 23.0 Å². The smallest absolute Gasteiger partial charge is 0.411 e. The molecular formula is C23H27N3O3S. The number of benzene rings is 1.